The highest BCUT2D eigenvalue weighted by Crippen LogP contribution is 2.42. The van der Waals surface area contributed by atoms with Crippen molar-refractivity contribution in [3.63, 3.8) is 0 Å². The van der Waals surface area contributed by atoms with E-state index in [2.05, 4.69) is 0 Å². The van der Waals surface area contributed by atoms with Gasteiger partial charge in [0.25, 0.3) is 0 Å². The maximum absolute atomic E-state index is 10.3. The van der Waals surface area contributed by atoms with Crippen LogP contribution in [0.1, 0.15) is 4.88 Å². The number of rotatable bonds is 3. The van der Waals surface area contributed by atoms with E-state index in [0.717, 1.165) is 15.0 Å². The molecule has 2 rings (SSSR count). The molecule has 0 atom stereocenters. The maximum atomic E-state index is 10.3. The molecule has 0 unspecified atom stereocenters. The van der Waals surface area contributed by atoms with Crippen LogP contribution in [0.25, 0.3) is 10.1 Å². The Labute approximate surface area is 112 Å². The van der Waals surface area contributed by atoms with Crippen molar-refractivity contribution in [3.8, 4) is 5.75 Å². The summed E-state index contributed by atoms with van der Waals surface area (Å²) < 4.78 is 5.89. The van der Waals surface area contributed by atoms with Gasteiger partial charge in [0.15, 0.2) is 0 Å². The molecule has 0 N–H and O–H groups in total. The average molecular weight is 290 g/mol. The van der Waals surface area contributed by atoms with Crippen LogP contribution in [0.15, 0.2) is 12.1 Å². The largest absolute Gasteiger partial charge is 0.546 e. The normalized spacial score (nSPS) is 10.8. The standard InChI is InChI=1S/C11H8Cl2O3S/c1-5-2-6-3-7(16-4-8(14)15)9(12)10(13)11(6)17-5/h2-3H,4H2,1H3,(H,14,15)/p-1. The molecular formula is C11H7Cl2O3S-. The Bertz CT molecular complexity index is 592. The van der Waals surface area contributed by atoms with Gasteiger partial charge in [0.1, 0.15) is 17.4 Å². The first kappa shape index (κ1) is 12.5. The fourth-order valence-electron chi connectivity index (χ4n) is 1.47. The number of carbonyl (C=O) groups is 1. The van der Waals surface area contributed by atoms with Crippen LogP contribution in [-0.4, -0.2) is 12.6 Å². The van der Waals surface area contributed by atoms with Crippen LogP contribution in [0.3, 0.4) is 0 Å². The van der Waals surface area contributed by atoms with E-state index < -0.39 is 12.6 Å². The van der Waals surface area contributed by atoms with Gasteiger partial charge in [-0.3, -0.25) is 0 Å². The summed E-state index contributed by atoms with van der Waals surface area (Å²) in [4.78, 5) is 11.4. The van der Waals surface area contributed by atoms with Crippen LogP contribution in [0.5, 0.6) is 5.75 Å². The molecule has 0 aliphatic rings. The minimum absolute atomic E-state index is 0.224. The van der Waals surface area contributed by atoms with Gasteiger partial charge in [-0.2, -0.15) is 0 Å². The number of benzene rings is 1. The van der Waals surface area contributed by atoms with Gasteiger partial charge in [-0.1, -0.05) is 23.2 Å². The Balaban J connectivity index is 2.49. The van der Waals surface area contributed by atoms with E-state index in [-0.39, 0.29) is 10.8 Å². The summed E-state index contributed by atoms with van der Waals surface area (Å²) in [5.74, 6) is -1.05. The Morgan fingerprint density at radius 3 is 2.76 bits per heavy atom. The first-order valence-electron chi connectivity index (χ1n) is 4.70. The van der Waals surface area contributed by atoms with Crippen LogP contribution in [0.4, 0.5) is 0 Å². The van der Waals surface area contributed by atoms with Gasteiger partial charge < -0.3 is 14.6 Å². The van der Waals surface area contributed by atoms with E-state index >= 15 is 0 Å². The number of aryl methyl sites for hydroxylation is 1. The van der Waals surface area contributed by atoms with Crippen molar-refractivity contribution in [2.45, 2.75) is 6.92 Å². The van der Waals surface area contributed by atoms with Crippen LogP contribution >= 0.6 is 34.5 Å². The van der Waals surface area contributed by atoms with Gasteiger partial charge in [-0.05, 0) is 24.4 Å². The third-order valence-corrected chi connectivity index (χ3v) is 4.17. The number of halogens is 2. The van der Waals surface area contributed by atoms with Crippen molar-refractivity contribution in [1.82, 2.24) is 0 Å². The first-order valence-corrected chi connectivity index (χ1v) is 6.27. The Morgan fingerprint density at radius 2 is 2.12 bits per heavy atom. The summed E-state index contributed by atoms with van der Waals surface area (Å²) >= 11 is 13.6. The van der Waals surface area contributed by atoms with Crippen molar-refractivity contribution in [2.75, 3.05) is 6.61 Å². The molecule has 6 heteroatoms. The van der Waals surface area contributed by atoms with Crippen LogP contribution in [0, 0.1) is 6.92 Å². The van der Waals surface area contributed by atoms with Gasteiger partial charge in [0.2, 0.25) is 0 Å². The predicted molar refractivity (Wildman–Crippen MR) is 67.1 cm³/mol. The number of carboxylic acid groups (broad SMARTS) is 1. The zero-order valence-electron chi connectivity index (χ0n) is 8.75. The molecule has 1 aromatic heterocycles. The highest BCUT2D eigenvalue weighted by Gasteiger charge is 2.13. The molecule has 90 valence electrons. The third kappa shape index (κ3) is 2.49. The second-order valence-corrected chi connectivity index (χ2v) is 5.45. The lowest BCUT2D eigenvalue weighted by Gasteiger charge is -2.10. The second-order valence-electron chi connectivity index (χ2n) is 3.44. The fourth-order valence-corrected chi connectivity index (χ4v) is 2.98. The fraction of sp³-hybridized carbons (Fsp3) is 0.182. The van der Waals surface area contributed by atoms with Crippen molar-refractivity contribution in [3.05, 3.63) is 27.1 Å². The lowest BCUT2D eigenvalue weighted by molar-refractivity contribution is -0.307. The molecule has 17 heavy (non-hydrogen) atoms. The molecular weight excluding hydrogens is 283 g/mol. The molecule has 2 aromatic rings. The topological polar surface area (TPSA) is 49.4 Å². The van der Waals surface area contributed by atoms with E-state index in [9.17, 15) is 9.90 Å². The van der Waals surface area contributed by atoms with Crippen LogP contribution < -0.4 is 9.84 Å². The second kappa shape index (κ2) is 4.72. The Hall–Kier alpha value is -0.970. The van der Waals surface area contributed by atoms with Crippen molar-refractivity contribution in [1.29, 1.82) is 0 Å². The van der Waals surface area contributed by atoms with Crippen molar-refractivity contribution >= 4 is 50.6 Å². The summed E-state index contributed by atoms with van der Waals surface area (Å²) in [5.41, 5.74) is 0. The van der Waals surface area contributed by atoms with E-state index in [1.54, 1.807) is 6.07 Å². The summed E-state index contributed by atoms with van der Waals surface area (Å²) in [6, 6.07) is 3.62. The van der Waals surface area contributed by atoms with E-state index in [1.165, 1.54) is 11.3 Å². The lowest BCUT2D eigenvalue weighted by Crippen LogP contribution is -2.29. The number of hydrogen-bond acceptors (Lipinski definition) is 4. The lowest BCUT2D eigenvalue weighted by atomic mass is 10.2. The molecule has 3 nitrogen and oxygen atoms in total. The van der Waals surface area contributed by atoms with Gasteiger partial charge in [0.05, 0.1) is 15.7 Å². The number of carbonyl (C=O) groups excluding carboxylic acids is 1. The Morgan fingerprint density at radius 1 is 1.41 bits per heavy atom. The van der Waals surface area contributed by atoms with Crippen LogP contribution in [-0.2, 0) is 4.79 Å². The number of thiophene rings is 1. The third-order valence-electron chi connectivity index (χ3n) is 2.12. The molecule has 0 radical (unpaired) electrons. The minimum Gasteiger partial charge on any atom is -0.546 e. The molecule has 0 saturated carbocycles. The van der Waals surface area contributed by atoms with Gasteiger partial charge >= 0.3 is 0 Å². The summed E-state index contributed by atoms with van der Waals surface area (Å²) in [5, 5.41) is 11.8. The molecule has 0 spiro atoms. The van der Waals surface area contributed by atoms with E-state index in [1.807, 2.05) is 13.0 Å². The molecule has 0 bridgehead atoms. The van der Waals surface area contributed by atoms with Crippen LogP contribution in [0.2, 0.25) is 10.0 Å². The maximum Gasteiger partial charge on any atom is 0.140 e. The summed E-state index contributed by atoms with van der Waals surface area (Å²) in [7, 11) is 0. The number of carboxylic acids is 1. The molecule has 0 saturated heterocycles. The number of aliphatic carboxylic acids is 1. The number of ether oxygens (including phenoxy) is 1. The minimum atomic E-state index is -1.31. The van der Waals surface area contributed by atoms with E-state index in [0.29, 0.717) is 5.02 Å². The molecule has 0 aliphatic heterocycles. The smallest absolute Gasteiger partial charge is 0.140 e. The highest BCUT2D eigenvalue weighted by molar-refractivity contribution is 7.19. The number of fused-ring (bicyclic) bond motifs is 1. The quantitative estimate of drug-likeness (QED) is 0.873. The monoisotopic (exact) mass is 289 g/mol. The van der Waals surface area contributed by atoms with Gasteiger partial charge in [0, 0.05) is 4.88 Å². The molecule has 0 amide bonds. The molecule has 0 fully saturated rings. The average Bonchev–Trinajstić information content (AvgIpc) is 2.62. The Kier molecular flexibility index (Phi) is 3.47. The highest BCUT2D eigenvalue weighted by atomic mass is 35.5. The SMILES string of the molecule is Cc1cc2cc(OCC(=O)[O-])c(Cl)c(Cl)c2s1. The molecule has 1 heterocycles. The zero-order valence-corrected chi connectivity index (χ0v) is 11.1. The van der Waals surface area contributed by atoms with Gasteiger partial charge in [-0.15, -0.1) is 11.3 Å². The zero-order chi connectivity index (χ0) is 12.6. The van der Waals surface area contributed by atoms with E-state index in [4.69, 9.17) is 27.9 Å². The van der Waals surface area contributed by atoms with Crippen molar-refractivity contribution < 1.29 is 14.6 Å². The predicted octanol–water partition coefficient (Wildman–Crippen LogP) is 2.65. The molecule has 1 aromatic carbocycles. The van der Waals surface area contributed by atoms with Crippen molar-refractivity contribution in [2.24, 2.45) is 0 Å². The van der Waals surface area contributed by atoms with Gasteiger partial charge in [-0.25, -0.2) is 0 Å². The first-order chi connectivity index (χ1) is 7.99. The number of hydrogen-bond donors (Lipinski definition) is 0. The summed E-state index contributed by atoms with van der Waals surface area (Å²) in [6.07, 6.45) is 0. The summed E-state index contributed by atoms with van der Waals surface area (Å²) in [6.45, 7) is 1.40. The molecule has 0 aliphatic carbocycles.